The van der Waals surface area contributed by atoms with E-state index in [0.717, 1.165) is 22.6 Å². The van der Waals surface area contributed by atoms with Gasteiger partial charge in [-0.3, -0.25) is 9.59 Å². The summed E-state index contributed by atoms with van der Waals surface area (Å²) in [6.45, 7) is 0. The van der Waals surface area contributed by atoms with Crippen LogP contribution in [0.15, 0.2) is 70.5 Å². The van der Waals surface area contributed by atoms with Crippen LogP contribution < -0.4 is 0 Å². The normalized spacial score (nSPS) is 19.0. The van der Waals surface area contributed by atoms with E-state index in [2.05, 4.69) is 0 Å². The van der Waals surface area contributed by atoms with E-state index >= 15 is 0 Å². The van der Waals surface area contributed by atoms with E-state index < -0.39 is 11.8 Å². The average Bonchev–Trinajstić information content (AvgIpc) is 2.75. The molecule has 1 aliphatic rings. The molecule has 0 saturated heterocycles. The van der Waals surface area contributed by atoms with Gasteiger partial charge in [0.25, 0.3) is 0 Å². The van der Waals surface area contributed by atoms with Gasteiger partial charge < -0.3 is 9.47 Å². The molecule has 2 aromatic carbocycles. The average molecular weight is 417 g/mol. The van der Waals surface area contributed by atoms with E-state index in [1.807, 2.05) is 60.7 Å². The fourth-order valence-corrected chi connectivity index (χ4v) is 4.58. The van der Waals surface area contributed by atoms with Gasteiger partial charge >= 0.3 is 11.9 Å². The standard InChI is InChI=1S/C22H24O4S2/c23-21(25-15-27-17-9-3-1-4-10-17)19-13-7-8-14-20(19)22(24)26-16-28-18-11-5-2-6-12-18/h1-6,9-12,19-20H,7-8,13-16H2/t19-,20?/m0/s1. The minimum atomic E-state index is -0.403. The maximum Gasteiger partial charge on any atom is 0.310 e. The van der Waals surface area contributed by atoms with Crippen molar-refractivity contribution in [3.63, 3.8) is 0 Å². The lowest BCUT2D eigenvalue weighted by Gasteiger charge is -2.28. The van der Waals surface area contributed by atoms with Gasteiger partial charge in [-0.2, -0.15) is 0 Å². The van der Waals surface area contributed by atoms with Gasteiger partial charge in [0.15, 0.2) is 0 Å². The Kier molecular flexibility index (Phi) is 8.30. The smallest absolute Gasteiger partial charge is 0.310 e. The summed E-state index contributed by atoms with van der Waals surface area (Å²) < 4.78 is 10.9. The van der Waals surface area contributed by atoms with E-state index in [-0.39, 0.29) is 23.8 Å². The maximum atomic E-state index is 12.5. The fraction of sp³-hybridized carbons (Fsp3) is 0.364. The molecule has 0 aliphatic heterocycles. The number of hydrogen-bond donors (Lipinski definition) is 0. The molecule has 0 radical (unpaired) electrons. The molecule has 0 spiro atoms. The second kappa shape index (κ2) is 11.2. The van der Waals surface area contributed by atoms with E-state index in [1.165, 1.54) is 23.5 Å². The zero-order chi connectivity index (χ0) is 19.6. The van der Waals surface area contributed by atoms with Crippen molar-refractivity contribution in [2.24, 2.45) is 11.8 Å². The summed E-state index contributed by atoms with van der Waals surface area (Å²) in [4.78, 5) is 27.2. The molecule has 0 N–H and O–H groups in total. The Bertz CT molecular complexity index is 686. The lowest BCUT2D eigenvalue weighted by molar-refractivity contribution is -0.160. The van der Waals surface area contributed by atoms with Crippen molar-refractivity contribution in [2.45, 2.75) is 35.5 Å². The van der Waals surface area contributed by atoms with Crippen LogP contribution in [-0.4, -0.2) is 23.8 Å². The van der Waals surface area contributed by atoms with Crippen LogP contribution in [0, 0.1) is 11.8 Å². The number of benzene rings is 2. The van der Waals surface area contributed by atoms with Crippen molar-refractivity contribution in [2.75, 3.05) is 11.9 Å². The highest BCUT2D eigenvalue weighted by Crippen LogP contribution is 2.33. The van der Waals surface area contributed by atoms with Crippen molar-refractivity contribution in [3.05, 3.63) is 60.7 Å². The Morgan fingerprint density at radius 1 is 0.714 bits per heavy atom. The number of ether oxygens (including phenoxy) is 2. The van der Waals surface area contributed by atoms with Gasteiger partial charge in [-0.15, -0.1) is 0 Å². The predicted octanol–water partition coefficient (Wildman–Crippen LogP) is 5.38. The predicted molar refractivity (Wildman–Crippen MR) is 112 cm³/mol. The molecular formula is C22H24O4S2. The van der Waals surface area contributed by atoms with Crippen molar-refractivity contribution in [1.82, 2.24) is 0 Å². The Morgan fingerprint density at radius 2 is 1.11 bits per heavy atom. The molecule has 1 aliphatic carbocycles. The van der Waals surface area contributed by atoms with Crippen LogP contribution in [-0.2, 0) is 19.1 Å². The number of carbonyl (C=O) groups is 2. The van der Waals surface area contributed by atoms with Crippen LogP contribution in [0.5, 0.6) is 0 Å². The second-order valence-electron chi connectivity index (χ2n) is 6.57. The van der Waals surface area contributed by atoms with Crippen molar-refractivity contribution in [3.8, 4) is 0 Å². The molecule has 1 fully saturated rings. The molecule has 6 heteroatoms. The lowest BCUT2D eigenvalue weighted by atomic mass is 9.79. The van der Waals surface area contributed by atoms with Crippen molar-refractivity contribution in [1.29, 1.82) is 0 Å². The van der Waals surface area contributed by atoms with E-state index in [9.17, 15) is 9.59 Å². The summed E-state index contributed by atoms with van der Waals surface area (Å²) in [5.41, 5.74) is 0. The van der Waals surface area contributed by atoms with Gasteiger partial charge in [-0.05, 0) is 37.1 Å². The van der Waals surface area contributed by atoms with Crippen LogP contribution in [0.4, 0.5) is 0 Å². The van der Waals surface area contributed by atoms with Gasteiger partial charge in [0, 0.05) is 9.79 Å². The highest BCUT2D eigenvalue weighted by atomic mass is 32.2. The third kappa shape index (κ3) is 6.31. The molecule has 3 rings (SSSR count). The summed E-state index contributed by atoms with van der Waals surface area (Å²) >= 11 is 2.94. The summed E-state index contributed by atoms with van der Waals surface area (Å²) in [5, 5.41) is 0. The van der Waals surface area contributed by atoms with Gasteiger partial charge in [0.2, 0.25) is 0 Å². The van der Waals surface area contributed by atoms with Gasteiger partial charge in [-0.1, -0.05) is 72.8 Å². The van der Waals surface area contributed by atoms with Crippen LogP contribution in [0.25, 0.3) is 0 Å². The summed E-state index contributed by atoms with van der Waals surface area (Å²) in [6.07, 6.45) is 3.24. The van der Waals surface area contributed by atoms with E-state index in [0.29, 0.717) is 12.8 Å². The maximum absolute atomic E-state index is 12.5. The van der Waals surface area contributed by atoms with Crippen molar-refractivity contribution >= 4 is 35.5 Å². The molecular weight excluding hydrogens is 392 g/mol. The monoisotopic (exact) mass is 416 g/mol. The Hall–Kier alpha value is -1.92. The summed E-state index contributed by atoms with van der Waals surface area (Å²) in [5.74, 6) is -0.879. The van der Waals surface area contributed by atoms with E-state index in [1.54, 1.807) is 0 Å². The Balaban J connectivity index is 1.46. The molecule has 0 bridgehead atoms. The highest BCUT2D eigenvalue weighted by Gasteiger charge is 2.37. The Morgan fingerprint density at radius 3 is 1.50 bits per heavy atom. The zero-order valence-electron chi connectivity index (χ0n) is 15.6. The van der Waals surface area contributed by atoms with Crippen LogP contribution in [0.1, 0.15) is 25.7 Å². The number of esters is 2. The lowest BCUT2D eigenvalue weighted by Crippen LogP contribution is -2.35. The topological polar surface area (TPSA) is 52.6 Å². The third-order valence-electron chi connectivity index (χ3n) is 4.71. The first-order valence-electron chi connectivity index (χ1n) is 9.43. The first kappa shape index (κ1) is 20.8. The highest BCUT2D eigenvalue weighted by molar-refractivity contribution is 7.99. The molecule has 2 atom stereocenters. The van der Waals surface area contributed by atoms with Gasteiger partial charge in [0.1, 0.15) is 11.9 Å². The minimum absolute atomic E-state index is 0.255. The number of carbonyl (C=O) groups excluding carboxylic acids is 2. The molecule has 0 aromatic heterocycles. The Labute approximate surface area is 174 Å². The molecule has 28 heavy (non-hydrogen) atoms. The molecule has 1 saturated carbocycles. The molecule has 148 valence electrons. The number of hydrogen-bond acceptors (Lipinski definition) is 6. The molecule has 4 nitrogen and oxygen atoms in total. The molecule has 0 heterocycles. The number of rotatable bonds is 8. The minimum Gasteiger partial charge on any atom is -0.454 e. The largest absolute Gasteiger partial charge is 0.454 e. The third-order valence-corrected chi connectivity index (χ3v) is 6.39. The quantitative estimate of drug-likeness (QED) is 0.327. The molecule has 1 unspecified atom stereocenters. The van der Waals surface area contributed by atoms with Crippen LogP contribution in [0.3, 0.4) is 0 Å². The summed E-state index contributed by atoms with van der Waals surface area (Å²) in [7, 11) is 0. The second-order valence-corrected chi connectivity index (χ2v) is 8.57. The SMILES string of the molecule is O=C(OCSc1ccccc1)C1CCCC[C@@H]1C(=O)OCSc1ccccc1. The van der Waals surface area contributed by atoms with E-state index in [4.69, 9.17) is 9.47 Å². The summed E-state index contributed by atoms with van der Waals surface area (Å²) in [6, 6.07) is 19.6. The molecule has 0 amide bonds. The van der Waals surface area contributed by atoms with Crippen LogP contribution >= 0.6 is 23.5 Å². The van der Waals surface area contributed by atoms with Gasteiger partial charge in [-0.25, -0.2) is 0 Å². The number of thioether (sulfide) groups is 2. The van der Waals surface area contributed by atoms with Crippen LogP contribution in [0.2, 0.25) is 0 Å². The fourth-order valence-electron chi connectivity index (χ4n) is 3.25. The van der Waals surface area contributed by atoms with Gasteiger partial charge in [0.05, 0.1) is 11.8 Å². The van der Waals surface area contributed by atoms with Crippen molar-refractivity contribution < 1.29 is 19.1 Å². The first-order valence-corrected chi connectivity index (χ1v) is 11.4. The first-order chi connectivity index (χ1) is 13.7. The molecule has 2 aromatic rings. The zero-order valence-corrected chi connectivity index (χ0v) is 17.3.